The van der Waals surface area contributed by atoms with Gasteiger partial charge in [0.05, 0.1) is 36.4 Å². The molecule has 2 aliphatic rings. The van der Waals surface area contributed by atoms with Crippen molar-refractivity contribution in [1.29, 1.82) is 0 Å². The van der Waals surface area contributed by atoms with Crippen molar-refractivity contribution in [3.8, 4) is 0 Å². The van der Waals surface area contributed by atoms with Crippen LogP contribution in [0.2, 0.25) is 0 Å². The van der Waals surface area contributed by atoms with Gasteiger partial charge in [0, 0.05) is 0 Å². The summed E-state index contributed by atoms with van der Waals surface area (Å²) in [4.78, 5) is 13.1. The molecule has 0 spiro atoms. The summed E-state index contributed by atoms with van der Waals surface area (Å²) in [6.07, 6.45) is -1.96. The van der Waals surface area contributed by atoms with E-state index in [2.05, 4.69) is 5.32 Å². The number of ether oxygens (including phenoxy) is 5. The molecule has 0 aromatic heterocycles. The molecule has 8 heteroatoms. The molecule has 0 bridgehead atoms. The van der Waals surface area contributed by atoms with Crippen LogP contribution < -0.4 is 5.32 Å². The van der Waals surface area contributed by atoms with Crippen LogP contribution >= 0.6 is 12.2 Å². The summed E-state index contributed by atoms with van der Waals surface area (Å²) in [6, 6.07) is 18.4. The van der Waals surface area contributed by atoms with Crippen LogP contribution in [0.4, 0.5) is 0 Å². The summed E-state index contributed by atoms with van der Waals surface area (Å²) in [5.41, 5.74) is 1.51. The molecule has 2 aliphatic heterocycles. The van der Waals surface area contributed by atoms with E-state index in [-0.39, 0.29) is 12.6 Å². The Morgan fingerprint density at radius 3 is 2.38 bits per heavy atom. The molecule has 7 nitrogen and oxygen atoms in total. The topological polar surface area (TPSA) is 75.3 Å². The Labute approximate surface area is 192 Å². The number of carbonyl (C=O) groups excluding carboxylic acids is 1. The third-order valence-corrected chi connectivity index (χ3v) is 5.48. The Bertz CT molecular complexity index is 890. The van der Waals surface area contributed by atoms with Gasteiger partial charge in [-0.2, -0.15) is 0 Å². The number of hydrogen-bond donors (Lipinski definition) is 1. The van der Waals surface area contributed by atoms with E-state index in [1.54, 1.807) is 31.2 Å². The highest BCUT2D eigenvalue weighted by Gasteiger charge is 2.50. The largest absolute Gasteiger partial charge is 0.459 e. The Kier molecular flexibility index (Phi) is 7.83. The Balaban J connectivity index is 1.50. The monoisotopic (exact) mass is 457 g/mol. The average Bonchev–Trinajstić information content (AvgIpc) is 3.45. The van der Waals surface area contributed by atoms with Crippen molar-refractivity contribution in [3.63, 3.8) is 0 Å². The molecular formula is C24H27NO6S. The minimum Gasteiger partial charge on any atom is -0.459 e. The molecule has 2 fully saturated rings. The number of carbonyl (C=O) groups is 1. The number of esters is 1. The summed E-state index contributed by atoms with van der Waals surface area (Å²) in [6.45, 7) is 3.21. The lowest BCUT2D eigenvalue weighted by molar-refractivity contribution is -0.148. The van der Waals surface area contributed by atoms with Crippen molar-refractivity contribution in [2.24, 2.45) is 0 Å². The Morgan fingerprint density at radius 1 is 1.06 bits per heavy atom. The zero-order valence-electron chi connectivity index (χ0n) is 17.8. The molecule has 2 aromatic rings. The van der Waals surface area contributed by atoms with Gasteiger partial charge in [-0.15, -0.1) is 0 Å². The second-order valence-corrected chi connectivity index (χ2v) is 8.31. The molecule has 32 heavy (non-hydrogen) atoms. The van der Waals surface area contributed by atoms with E-state index < -0.39 is 30.6 Å². The maximum atomic E-state index is 12.5. The van der Waals surface area contributed by atoms with Crippen LogP contribution in [0.15, 0.2) is 60.7 Å². The number of rotatable bonds is 8. The minimum atomic E-state index is -0.542. The number of nitrogens with one attached hydrogen (secondary N) is 1. The number of benzene rings is 2. The first-order valence-electron chi connectivity index (χ1n) is 10.7. The van der Waals surface area contributed by atoms with Gasteiger partial charge in [-0.1, -0.05) is 60.7 Å². The van der Waals surface area contributed by atoms with E-state index in [4.69, 9.17) is 35.9 Å². The van der Waals surface area contributed by atoms with Crippen LogP contribution in [0.5, 0.6) is 0 Å². The van der Waals surface area contributed by atoms with Gasteiger partial charge in [-0.05, 0) is 24.6 Å². The van der Waals surface area contributed by atoms with Crippen molar-refractivity contribution in [2.75, 3.05) is 19.8 Å². The van der Waals surface area contributed by atoms with Gasteiger partial charge in [0.15, 0.2) is 6.29 Å². The molecule has 4 rings (SSSR count). The predicted molar refractivity (Wildman–Crippen MR) is 121 cm³/mol. The van der Waals surface area contributed by atoms with Crippen molar-refractivity contribution < 1.29 is 28.5 Å². The van der Waals surface area contributed by atoms with Crippen LogP contribution in [0.3, 0.4) is 0 Å². The normalized spacial score (nSPS) is 25.5. The quantitative estimate of drug-likeness (QED) is 0.479. The van der Waals surface area contributed by atoms with Crippen LogP contribution in [-0.4, -0.2) is 61.4 Å². The van der Waals surface area contributed by atoms with Gasteiger partial charge in [0.2, 0.25) is 0 Å². The smallest absolute Gasteiger partial charge is 0.338 e. The van der Waals surface area contributed by atoms with E-state index in [0.29, 0.717) is 30.4 Å². The van der Waals surface area contributed by atoms with E-state index in [1.165, 1.54) is 0 Å². The van der Waals surface area contributed by atoms with Crippen LogP contribution in [0, 0.1) is 0 Å². The van der Waals surface area contributed by atoms with E-state index in [0.717, 1.165) is 5.56 Å². The SMILES string of the molecule is CC(=S)N[C@@H]1[C@H](OCc2ccccc2)[C@@H](COC(=O)c2ccccc2)O[C@H]1C1OCCO1. The summed E-state index contributed by atoms with van der Waals surface area (Å²) in [7, 11) is 0. The maximum absolute atomic E-state index is 12.5. The second-order valence-electron chi connectivity index (χ2n) is 7.70. The highest BCUT2D eigenvalue weighted by atomic mass is 32.1. The molecule has 170 valence electrons. The molecule has 0 radical (unpaired) electrons. The molecule has 0 amide bonds. The first-order chi connectivity index (χ1) is 15.6. The fourth-order valence-electron chi connectivity index (χ4n) is 3.91. The van der Waals surface area contributed by atoms with Crippen LogP contribution in [-0.2, 0) is 30.3 Å². The molecule has 2 aromatic carbocycles. The summed E-state index contributed by atoms with van der Waals surface area (Å²) in [5, 5.41) is 3.29. The van der Waals surface area contributed by atoms with Crippen molar-refractivity contribution in [1.82, 2.24) is 5.32 Å². The standard InChI is InChI=1S/C24H27NO6S/c1-16(32)25-20-21(29-14-17-8-4-2-5-9-17)19(31-22(20)24-27-12-13-28-24)15-30-23(26)18-10-6-3-7-11-18/h2-11,19-22,24H,12-15H2,1H3,(H,25,32)/t19-,20-,21-,22-/m1/s1. The molecular weight excluding hydrogens is 430 g/mol. The van der Waals surface area contributed by atoms with Gasteiger partial charge in [-0.25, -0.2) is 4.79 Å². The first kappa shape index (κ1) is 22.8. The zero-order valence-corrected chi connectivity index (χ0v) is 18.7. The van der Waals surface area contributed by atoms with Gasteiger partial charge in [-0.3, -0.25) is 0 Å². The van der Waals surface area contributed by atoms with Gasteiger partial charge in [0.1, 0.15) is 24.9 Å². The lowest BCUT2D eigenvalue weighted by atomic mass is 10.0. The molecule has 4 atom stereocenters. The minimum absolute atomic E-state index is 0.0328. The molecule has 0 saturated carbocycles. The molecule has 2 saturated heterocycles. The fraction of sp³-hybridized carbons (Fsp3) is 0.417. The number of thiocarbonyl (C=S) groups is 1. The van der Waals surface area contributed by atoms with E-state index >= 15 is 0 Å². The number of hydrogen-bond acceptors (Lipinski definition) is 7. The van der Waals surface area contributed by atoms with Crippen LogP contribution in [0.25, 0.3) is 0 Å². The molecule has 1 N–H and O–H groups in total. The lowest BCUT2D eigenvalue weighted by Gasteiger charge is -2.27. The zero-order chi connectivity index (χ0) is 22.3. The molecule has 0 unspecified atom stereocenters. The van der Waals surface area contributed by atoms with Gasteiger partial charge < -0.3 is 29.0 Å². The average molecular weight is 458 g/mol. The lowest BCUT2D eigenvalue weighted by Crippen LogP contribution is -2.51. The third kappa shape index (κ3) is 5.70. The van der Waals surface area contributed by atoms with Crippen LogP contribution in [0.1, 0.15) is 22.8 Å². The highest BCUT2D eigenvalue weighted by Crippen LogP contribution is 2.30. The third-order valence-electron chi connectivity index (χ3n) is 5.37. The predicted octanol–water partition coefficient (Wildman–Crippen LogP) is 2.87. The highest BCUT2D eigenvalue weighted by molar-refractivity contribution is 7.80. The molecule has 0 aliphatic carbocycles. The van der Waals surface area contributed by atoms with Gasteiger partial charge >= 0.3 is 5.97 Å². The Hall–Kier alpha value is -2.36. The van der Waals surface area contributed by atoms with Crippen molar-refractivity contribution in [3.05, 3.63) is 71.8 Å². The van der Waals surface area contributed by atoms with E-state index in [9.17, 15) is 4.79 Å². The fourth-order valence-corrected chi connectivity index (χ4v) is 4.04. The maximum Gasteiger partial charge on any atom is 0.338 e. The first-order valence-corrected chi connectivity index (χ1v) is 11.1. The summed E-state index contributed by atoms with van der Waals surface area (Å²) in [5.74, 6) is -0.414. The summed E-state index contributed by atoms with van der Waals surface area (Å²) >= 11 is 5.31. The second kappa shape index (κ2) is 11.0. The summed E-state index contributed by atoms with van der Waals surface area (Å²) < 4.78 is 29.6. The van der Waals surface area contributed by atoms with E-state index in [1.807, 2.05) is 36.4 Å². The molecule has 2 heterocycles. The Morgan fingerprint density at radius 2 is 1.72 bits per heavy atom. The van der Waals surface area contributed by atoms with Gasteiger partial charge in [0.25, 0.3) is 0 Å². The van der Waals surface area contributed by atoms with Crippen molar-refractivity contribution >= 4 is 23.2 Å². The van der Waals surface area contributed by atoms with Crippen molar-refractivity contribution in [2.45, 2.75) is 44.2 Å².